The van der Waals surface area contributed by atoms with Crippen LogP contribution in [0.25, 0.3) is 0 Å². The maximum absolute atomic E-state index is 11.5. The number of rotatable bonds is 4. The van der Waals surface area contributed by atoms with E-state index in [2.05, 4.69) is 10.1 Å². The minimum absolute atomic E-state index is 0.130. The number of hydrogen-bond donors (Lipinski definition) is 0. The maximum Gasteiger partial charge on any atom is 0.378 e. The monoisotopic (exact) mass is 253 g/mol. The van der Waals surface area contributed by atoms with Gasteiger partial charge in [0.05, 0.1) is 12.7 Å². The van der Waals surface area contributed by atoms with Gasteiger partial charge in [0, 0.05) is 20.1 Å². The molecule has 1 unspecified atom stereocenters. The highest BCUT2D eigenvalue weighted by atomic mass is 16.5. The lowest BCUT2D eigenvalue weighted by Gasteiger charge is -2.21. The summed E-state index contributed by atoms with van der Waals surface area (Å²) in [6.07, 6.45) is 4.25. The van der Waals surface area contributed by atoms with E-state index in [0.29, 0.717) is 13.0 Å². The summed E-state index contributed by atoms with van der Waals surface area (Å²) in [5, 5.41) is 4.07. The van der Waals surface area contributed by atoms with Crippen LogP contribution in [0.2, 0.25) is 0 Å². The summed E-state index contributed by atoms with van der Waals surface area (Å²) in [6, 6.07) is 0. The van der Waals surface area contributed by atoms with Gasteiger partial charge in [-0.3, -0.25) is 4.68 Å². The van der Waals surface area contributed by atoms with Crippen molar-refractivity contribution in [2.75, 3.05) is 13.2 Å². The van der Waals surface area contributed by atoms with E-state index in [1.807, 2.05) is 0 Å². The van der Waals surface area contributed by atoms with Crippen LogP contribution in [0.4, 0.5) is 0 Å². The smallest absolute Gasteiger partial charge is 0.378 e. The molecule has 1 aliphatic heterocycles. The number of carbonyl (C=O) groups excluding carboxylic acids is 1. The molecule has 0 spiro atoms. The fraction of sp³-hybridized carbons (Fsp3) is 0.750. The van der Waals surface area contributed by atoms with Crippen LogP contribution in [0.1, 0.15) is 42.6 Å². The Bertz CT molecular complexity index is 411. The van der Waals surface area contributed by atoms with Crippen molar-refractivity contribution in [3.8, 4) is 0 Å². The first kappa shape index (κ1) is 13.0. The van der Waals surface area contributed by atoms with Crippen molar-refractivity contribution >= 4 is 5.97 Å². The number of aromatic nitrogens is 3. The minimum Gasteiger partial charge on any atom is -0.460 e. The Balaban J connectivity index is 2.01. The molecule has 0 bridgehead atoms. The Kier molecular flexibility index (Phi) is 4.30. The van der Waals surface area contributed by atoms with Gasteiger partial charge in [0.25, 0.3) is 5.82 Å². The van der Waals surface area contributed by atoms with Crippen molar-refractivity contribution in [3.05, 3.63) is 11.6 Å². The van der Waals surface area contributed by atoms with Crippen LogP contribution in [0, 0.1) is 0 Å². The number of ether oxygens (including phenoxy) is 2. The van der Waals surface area contributed by atoms with E-state index in [9.17, 15) is 4.79 Å². The number of aryl methyl sites for hydroxylation is 1. The number of nitrogens with zero attached hydrogens (tertiary/aromatic N) is 3. The Morgan fingerprint density at radius 1 is 1.56 bits per heavy atom. The molecule has 1 atom stereocenters. The second-order valence-corrected chi connectivity index (χ2v) is 4.39. The molecular weight excluding hydrogens is 234 g/mol. The highest BCUT2D eigenvalue weighted by Gasteiger charge is 2.20. The fourth-order valence-electron chi connectivity index (χ4n) is 2.05. The zero-order valence-electron chi connectivity index (χ0n) is 10.9. The van der Waals surface area contributed by atoms with Crippen LogP contribution in [-0.2, 0) is 22.9 Å². The molecule has 0 radical (unpaired) electrons. The zero-order valence-corrected chi connectivity index (χ0v) is 10.9. The molecule has 1 fully saturated rings. The van der Waals surface area contributed by atoms with E-state index in [1.165, 1.54) is 6.42 Å². The molecule has 0 N–H and O–H groups in total. The SMILES string of the molecule is CCOC(=O)c1nc(CC2CCCCO2)n(C)n1. The zero-order chi connectivity index (χ0) is 13.0. The van der Waals surface area contributed by atoms with E-state index < -0.39 is 5.97 Å². The Morgan fingerprint density at radius 2 is 2.39 bits per heavy atom. The van der Waals surface area contributed by atoms with Crippen LogP contribution in [-0.4, -0.2) is 40.1 Å². The van der Waals surface area contributed by atoms with Crippen molar-refractivity contribution < 1.29 is 14.3 Å². The van der Waals surface area contributed by atoms with Gasteiger partial charge in [-0.15, -0.1) is 5.10 Å². The predicted molar refractivity (Wildman–Crippen MR) is 64.3 cm³/mol. The summed E-state index contributed by atoms with van der Waals surface area (Å²) in [5.41, 5.74) is 0. The summed E-state index contributed by atoms with van der Waals surface area (Å²) < 4.78 is 12.2. The van der Waals surface area contributed by atoms with Gasteiger partial charge >= 0.3 is 5.97 Å². The molecule has 1 aromatic rings. The van der Waals surface area contributed by atoms with Gasteiger partial charge in [-0.05, 0) is 26.2 Å². The van der Waals surface area contributed by atoms with E-state index in [4.69, 9.17) is 9.47 Å². The molecule has 2 heterocycles. The first-order valence-electron chi connectivity index (χ1n) is 6.39. The van der Waals surface area contributed by atoms with E-state index in [-0.39, 0.29) is 11.9 Å². The standard InChI is InChI=1S/C12H19N3O3/c1-3-17-12(16)11-13-10(15(2)14-11)8-9-6-4-5-7-18-9/h9H,3-8H2,1-2H3. The fourth-order valence-corrected chi connectivity index (χ4v) is 2.05. The van der Waals surface area contributed by atoms with Gasteiger partial charge in [0.1, 0.15) is 5.82 Å². The van der Waals surface area contributed by atoms with E-state index in [0.717, 1.165) is 25.3 Å². The molecule has 1 aliphatic rings. The third-order valence-electron chi connectivity index (χ3n) is 3.00. The molecule has 18 heavy (non-hydrogen) atoms. The number of carbonyl (C=O) groups is 1. The lowest BCUT2D eigenvalue weighted by atomic mass is 10.1. The van der Waals surface area contributed by atoms with E-state index in [1.54, 1.807) is 18.7 Å². The second kappa shape index (κ2) is 5.95. The van der Waals surface area contributed by atoms with Crippen LogP contribution >= 0.6 is 0 Å². The number of esters is 1. The van der Waals surface area contributed by atoms with Crippen LogP contribution in [0.3, 0.4) is 0 Å². The number of hydrogen-bond acceptors (Lipinski definition) is 5. The quantitative estimate of drug-likeness (QED) is 0.752. The molecule has 0 amide bonds. The molecule has 100 valence electrons. The van der Waals surface area contributed by atoms with Gasteiger partial charge in [0.2, 0.25) is 0 Å². The average Bonchev–Trinajstić information content (AvgIpc) is 2.73. The first-order valence-corrected chi connectivity index (χ1v) is 6.39. The molecule has 0 aromatic carbocycles. The molecule has 6 heteroatoms. The summed E-state index contributed by atoms with van der Waals surface area (Å²) >= 11 is 0. The Hall–Kier alpha value is -1.43. The van der Waals surface area contributed by atoms with Gasteiger partial charge in [-0.25, -0.2) is 9.78 Å². The molecule has 0 aliphatic carbocycles. The highest BCUT2D eigenvalue weighted by Crippen LogP contribution is 2.16. The van der Waals surface area contributed by atoms with Gasteiger partial charge in [0.15, 0.2) is 0 Å². The lowest BCUT2D eigenvalue weighted by Crippen LogP contribution is -2.23. The topological polar surface area (TPSA) is 66.2 Å². The molecular formula is C12H19N3O3. The largest absolute Gasteiger partial charge is 0.460 e. The summed E-state index contributed by atoms with van der Waals surface area (Å²) in [4.78, 5) is 15.7. The minimum atomic E-state index is -0.469. The average molecular weight is 253 g/mol. The van der Waals surface area contributed by atoms with Gasteiger partial charge in [-0.2, -0.15) is 0 Å². The predicted octanol–water partition coefficient (Wildman–Crippen LogP) is 1.10. The Labute approximate surface area is 106 Å². The van der Waals surface area contributed by atoms with Crippen molar-refractivity contribution in [1.29, 1.82) is 0 Å². The first-order chi connectivity index (χ1) is 8.70. The van der Waals surface area contributed by atoms with Gasteiger partial charge in [-0.1, -0.05) is 0 Å². The highest BCUT2D eigenvalue weighted by molar-refractivity contribution is 5.84. The summed E-state index contributed by atoms with van der Waals surface area (Å²) in [7, 11) is 1.79. The molecule has 2 rings (SSSR count). The van der Waals surface area contributed by atoms with E-state index >= 15 is 0 Å². The summed E-state index contributed by atoms with van der Waals surface area (Å²) in [6.45, 7) is 2.91. The molecule has 1 saturated heterocycles. The van der Waals surface area contributed by atoms with Crippen LogP contribution in [0.15, 0.2) is 0 Å². The Morgan fingerprint density at radius 3 is 3.06 bits per heavy atom. The van der Waals surface area contributed by atoms with Crippen molar-refractivity contribution in [2.24, 2.45) is 7.05 Å². The molecule has 0 saturated carbocycles. The normalized spacial score (nSPS) is 19.8. The van der Waals surface area contributed by atoms with Crippen molar-refractivity contribution in [3.63, 3.8) is 0 Å². The van der Waals surface area contributed by atoms with Crippen molar-refractivity contribution in [2.45, 2.75) is 38.7 Å². The third-order valence-corrected chi connectivity index (χ3v) is 3.00. The summed E-state index contributed by atoms with van der Waals surface area (Å²) in [5.74, 6) is 0.430. The maximum atomic E-state index is 11.5. The van der Waals surface area contributed by atoms with Gasteiger partial charge < -0.3 is 9.47 Å². The molecule has 1 aromatic heterocycles. The third kappa shape index (κ3) is 3.07. The second-order valence-electron chi connectivity index (χ2n) is 4.39. The van der Waals surface area contributed by atoms with Crippen LogP contribution < -0.4 is 0 Å². The van der Waals surface area contributed by atoms with Crippen molar-refractivity contribution in [1.82, 2.24) is 14.8 Å². The van der Waals surface area contributed by atoms with Crippen LogP contribution in [0.5, 0.6) is 0 Å². The lowest BCUT2D eigenvalue weighted by molar-refractivity contribution is 0.0151. The molecule has 6 nitrogen and oxygen atoms in total.